The summed E-state index contributed by atoms with van der Waals surface area (Å²) in [4.78, 5) is 0.0300. The molecule has 1 atom stereocenters. The van der Waals surface area contributed by atoms with Crippen molar-refractivity contribution in [2.45, 2.75) is 51.0 Å². The van der Waals surface area contributed by atoms with Crippen molar-refractivity contribution in [3.8, 4) is 0 Å². The molecule has 0 fully saturated rings. The molecular weight excluding hydrogens is 317 g/mol. The van der Waals surface area contributed by atoms with E-state index in [1.807, 2.05) is 6.92 Å². The van der Waals surface area contributed by atoms with E-state index in [-0.39, 0.29) is 16.0 Å². The zero-order valence-corrected chi connectivity index (χ0v) is 14.3. The van der Waals surface area contributed by atoms with Crippen LogP contribution in [0.15, 0.2) is 23.1 Å². The molecule has 114 valence electrons. The highest BCUT2D eigenvalue weighted by Gasteiger charge is 2.20. The molecule has 0 bridgehead atoms. The number of hydrogen-bond donors (Lipinski definition) is 1. The van der Waals surface area contributed by atoms with Crippen LogP contribution in [0.5, 0.6) is 0 Å². The van der Waals surface area contributed by atoms with E-state index >= 15 is 0 Å². The van der Waals surface area contributed by atoms with Gasteiger partial charge in [-0.1, -0.05) is 49.9 Å². The first kappa shape index (κ1) is 17.8. The lowest BCUT2D eigenvalue weighted by Gasteiger charge is -2.15. The molecule has 0 spiro atoms. The molecular formula is C14H21Cl2NO2S. The minimum atomic E-state index is -3.63. The molecule has 1 unspecified atom stereocenters. The van der Waals surface area contributed by atoms with Gasteiger partial charge in [0.2, 0.25) is 10.0 Å². The van der Waals surface area contributed by atoms with Gasteiger partial charge in [0.1, 0.15) is 4.90 Å². The Balaban J connectivity index is 2.72. The number of sulfonamides is 1. The molecule has 0 amide bonds. The number of hydrogen-bond acceptors (Lipinski definition) is 2. The quantitative estimate of drug-likeness (QED) is 0.796. The predicted molar refractivity (Wildman–Crippen MR) is 84.9 cm³/mol. The fraction of sp³-hybridized carbons (Fsp3) is 0.571. The molecule has 0 radical (unpaired) electrons. The third-order valence-corrected chi connectivity index (χ3v) is 5.26. The second-order valence-electron chi connectivity index (χ2n) is 5.42. The summed E-state index contributed by atoms with van der Waals surface area (Å²) < 4.78 is 27.2. The van der Waals surface area contributed by atoms with Gasteiger partial charge in [0.25, 0.3) is 0 Å². The summed E-state index contributed by atoms with van der Waals surface area (Å²) in [5.41, 5.74) is 0. The Kier molecular flexibility index (Phi) is 6.79. The standard InChI is InChI=1S/C14H21Cl2NO2S/c1-10(2)5-4-6-11(3)17-20(18,19)14-9-12(15)7-8-13(14)16/h7-11,17H,4-6H2,1-3H3. The molecule has 0 aliphatic carbocycles. The van der Waals surface area contributed by atoms with Crippen molar-refractivity contribution in [2.75, 3.05) is 0 Å². The molecule has 1 N–H and O–H groups in total. The van der Waals surface area contributed by atoms with Crippen LogP contribution in [0.2, 0.25) is 10.0 Å². The molecule has 0 saturated carbocycles. The van der Waals surface area contributed by atoms with Crippen molar-refractivity contribution < 1.29 is 8.42 Å². The van der Waals surface area contributed by atoms with Gasteiger partial charge < -0.3 is 0 Å². The SMILES string of the molecule is CC(C)CCCC(C)NS(=O)(=O)c1cc(Cl)ccc1Cl. The third-order valence-electron chi connectivity index (χ3n) is 2.96. The molecule has 6 heteroatoms. The summed E-state index contributed by atoms with van der Waals surface area (Å²) in [5, 5.41) is 0.526. The Morgan fingerprint density at radius 2 is 1.80 bits per heavy atom. The normalized spacial score (nSPS) is 13.7. The summed E-state index contributed by atoms with van der Waals surface area (Å²) in [6.45, 7) is 6.16. The van der Waals surface area contributed by atoms with Gasteiger partial charge in [0, 0.05) is 11.1 Å². The zero-order chi connectivity index (χ0) is 15.3. The van der Waals surface area contributed by atoms with Gasteiger partial charge in [-0.25, -0.2) is 13.1 Å². The molecule has 1 aromatic rings. The van der Waals surface area contributed by atoms with Crippen LogP contribution < -0.4 is 4.72 Å². The molecule has 0 aliphatic rings. The van der Waals surface area contributed by atoms with Crippen LogP contribution in [0.3, 0.4) is 0 Å². The average molecular weight is 338 g/mol. The number of nitrogens with one attached hydrogen (secondary N) is 1. The van der Waals surface area contributed by atoms with Gasteiger partial charge in [-0.3, -0.25) is 0 Å². The van der Waals surface area contributed by atoms with Crippen LogP contribution in [0, 0.1) is 5.92 Å². The van der Waals surface area contributed by atoms with Crippen molar-refractivity contribution in [2.24, 2.45) is 5.92 Å². The summed E-state index contributed by atoms with van der Waals surface area (Å²) in [6.07, 6.45) is 2.88. The van der Waals surface area contributed by atoms with E-state index in [0.29, 0.717) is 10.9 Å². The van der Waals surface area contributed by atoms with Crippen LogP contribution >= 0.6 is 23.2 Å². The fourth-order valence-corrected chi connectivity index (χ4v) is 3.94. The highest BCUT2D eigenvalue weighted by Crippen LogP contribution is 2.25. The summed E-state index contributed by atoms with van der Waals surface area (Å²) >= 11 is 11.8. The summed E-state index contributed by atoms with van der Waals surface area (Å²) in [5.74, 6) is 0.626. The van der Waals surface area contributed by atoms with Crippen LogP contribution in [0.4, 0.5) is 0 Å². The van der Waals surface area contributed by atoms with Crippen LogP contribution in [0.25, 0.3) is 0 Å². The maximum atomic E-state index is 12.3. The van der Waals surface area contributed by atoms with E-state index in [4.69, 9.17) is 23.2 Å². The number of benzene rings is 1. The molecule has 3 nitrogen and oxygen atoms in total. The Morgan fingerprint density at radius 1 is 1.15 bits per heavy atom. The van der Waals surface area contributed by atoms with Crippen molar-refractivity contribution >= 4 is 33.2 Å². The number of halogens is 2. The van der Waals surface area contributed by atoms with Gasteiger partial charge >= 0.3 is 0 Å². The Morgan fingerprint density at radius 3 is 2.40 bits per heavy atom. The lowest BCUT2D eigenvalue weighted by atomic mass is 10.0. The molecule has 0 aromatic heterocycles. The molecule has 1 aromatic carbocycles. The molecule has 1 rings (SSSR count). The van der Waals surface area contributed by atoms with E-state index in [1.54, 1.807) is 6.07 Å². The molecule has 20 heavy (non-hydrogen) atoms. The van der Waals surface area contributed by atoms with Crippen molar-refractivity contribution in [1.29, 1.82) is 0 Å². The number of rotatable bonds is 7. The lowest BCUT2D eigenvalue weighted by molar-refractivity contribution is 0.488. The zero-order valence-electron chi connectivity index (χ0n) is 12.0. The van der Waals surface area contributed by atoms with Crippen LogP contribution in [-0.2, 0) is 10.0 Å². The minimum absolute atomic E-state index is 0.0300. The van der Waals surface area contributed by atoms with Gasteiger partial charge in [-0.05, 0) is 37.5 Å². The summed E-state index contributed by atoms with van der Waals surface area (Å²) in [7, 11) is -3.63. The van der Waals surface area contributed by atoms with Gasteiger partial charge in [0.15, 0.2) is 0 Å². The van der Waals surface area contributed by atoms with E-state index in [2.05, 4.69) is 18.6 Å². The highest BCUT2D eigenvalue weighted by molar-refractivity contribution is 7.89. The van der Waals surface area contributed by atoms with E-state index in [0.717, 1.165) is 19.3 Å². The Labute approximate surface area is 131 Å². The van der Waals surface area contributed by atoms with Crippen LogP contribution in [0.1, 0.15) is 40.0 Å². The lowest BCUT2D eigenvalue weighted by Crippen LogP contribution is -2.32. The second kappa shape index (κ2) is 7.64. The minimum Gasteiger partial charge on any atom is -0.208 e. The topological polar surface area (TPSA) is 46.2 Å². The van der Waals surface area contributed by atoms with Gasteiger partial charge in [-0.2, -0.15) is 0 Å². The van der Waals surface area contributed by atoms with Gasteiger partial charge in [0.05, 0.1) is 5.02 Å². The maximum absolute atomic E-state index is 12.3. The molecule has 0 aliphatic heterocycles. The molecule has 0 heterocycles. The monoisotopic (exact) mass is 337 g/mol. The first-order valence-electron chi connectivity index (χ1n) is 6.69. The molecule has 0 saturated heterocycles. The fourth-order valence-electron chi connectivity index (χ4n) is 1.90. The van der Waals surface area contributed by atoms with Crippen LogP contribution in [-0.4, -0.2) is 14.5 Å². The van der Waals surface area contributed by atoms with Crippen molar-refractivity contribution in [3.05, 3.63) is 28.2 Å². The highest BCUT2D eigenvalue weighted by atomic mass is 35.5. The largest absolute Gasteiger partial charge is 0.242 e. The third kappa shape index (κ3) is 5.60. The van der Waals surface area contributed by atoms with E-state index in [1.165, 1.54) is 12.1 Å². The smallest absolute Gasteiger partial charge is 0.208 e. The van der Waals surface area contributed by atoms with E-state index < -0.39 is 10.0 Å². The average Bonchev–Trinajstić information content (AvgIpc) is 2.31. The summed E-state index contributed by atoms with van der Waals surface area (Å²) in [6, 6.07) is 4.29. The second-order valence-corrected chi connectivity index (χ2v) is 7.95. The van der Waals surface area contributed by atoms with Crippen molar-refractivity contribution in [1.82, 2.24) is 4.72 Å². The Bertz CT molecular complexity index is 544. The van der Waals surface area contributed by atoms with Gasteiger partial charge in [-0.15, -0.1) is 0 Å². The van der Waals surface area contributed by atoms with Crippen molar-refractivity contribution in [3.63, 3.8) is 0 Å². The Hall–Kier alpha value is -0.290. The predicted octanol–water partition coefficient (Wildman–Crippen LogP) is 4.49. The van der Waals surface area contributed by atoms with E-state index in [9.17, 15) is 8.42 Å². The first-order valence-corrected chi connectivity index (χ1v) is 8.93. The maximum Gasteiger partial charge on any atom is 0.242 e. The first-order chi connectivity index (χ1) is 9.22.